The van der Waals surface area contributed by atoms with Gasteiger partial charge in [0.15, 0.2) is 0 Å². The van der Waals surface area contributed by atoms with Gasteiger partial charge in [-0.2, -0.15) is 0 Å². The normalized spacial score (nSPS) is 26.2. The molecule has 0 spiro atoms. The van der Waals surface area contributed by atoms with E-state index in [-0.39, 0.29) is 23.8 Å². The zero-order valence-corrected chi connectivity index (χ0v) is 14.9. The van der Waals surface area contributed by atoms with Gasteiger partial charge >= 0.3 is 0 Å². The van der Waals surface area contributed by atoms with Crippen LogP contribution >= 0.6 is 0 Å². The van der Waals surface area contributed by atoms with Crippen LogP contribution in [0.15, 0.2) is 24.3 Å². The molecule has 1 aliphatic heterocycles. The highest BCUT2D eigenvalue weighted by Gasteiger charge is 2.45. The molecule has 0 aromatic heterocycles. The molecule has 1 aromatic carbocycles. The standard InChI is InChI=1S/C17H23FN2O4S/c1-25(22,23)20-9-8-12(14(10-20)11-6-7-11)16(18)24-15-5-3-2-4-13(15)17(19)21/h2-5,11-12,14,16H,6-10H2,1H3,(H2,19,21). The summed E-state index contributed by atoms with van der Waals surface area (Å²) in [5, 5.41) is 0. The molecule has 1 saturated heterocycles. The number of primary amides is 1. The molecule has 1 aliphatic carbocycles. The summed E-state index contributed by atoms with van der Waals surface area (Å²) in [5.74, 6) is -0.676. The average molecular weight is 370 g/mol. The number of benzene rings is 1. The first-order valence-electron chi connectivity index (χ1n) is 8.42. The third-order valence-corrected chi connectivity index (χ3v) is 6.37. The molecule has 1 heterocycles. The van der Waals surface area contributed by atoms with E-state index in [4.69, 9.17) is 10.5 Å². The number of carbonyl (C=O) groups is 1. The molecule has 8 heteroatoms. The van der Waals surface area contributed by atoms with Crippen LogP contribution in [0.4, 0.5) is 4.39 Å². The third kappa shape index (κ3) is 4.12. The lowest BCUT2D eigenvalue weighted by Crippen LogP contribution is -2.47. The molecule has 138 valence electrons. The highest BCUT2D eigenvalue weighted by Crippen LogP contribution is 2.46. The van der Waals surface area contributed by atoms with Gasteiger partial charge in [0, 0.05) is 19.0 Å². The fraction of sp³-hybridized carbons (Fsp3) is 0.588. The number of alkyl halides is 1. The summed E-state index contributed by atoms with van der Waals surface area (Å²) in [6, 6.07) is 6.30. The first kappa shape index (κ1) is 18.1. The summed E-state index contributed by atoms with van der Waals surface area (Å²) < 4.78 is 45.4. The number of piperidine rings is 1. The Bertz CT molecular complexity index is 751. The summed E-state index contributed by atoms with van der Waals surface area (Å²) in [6.07, 6.45) is 1.96. The van der Waals surface area contributed by atoms with Crippen LogP contribution < -0.4 is 10.5 Å². The number of nitrogens with zero attached hydrogens (tertiary/aromatic N) is 1. The van der Waals surface area contributed by atoms with E-state index < -0.39 is 28.2 Å². The highest BCUT2D eigenvalue weighted by molar-refractivity contribution is 7.88. The maximum atomic E-state index is 14.9. The number of carbonyl (C=O) groups excluding carboxylic acids is 1. The Labute approximate surface area is 147 Å². The van der Waals surface area contributed by atoms with Gasteiger partial charge in [-0.1, -0.05) is 12.1 Å². The van der Waals surface area contributed by atoms with E-state index >= 15 is 0 Å². The van der Waals surface area contributed by atoms with Gasteiger partial charge in [0.05, 0.1) is 11.8 Å². The largest absolute Gasteiger partial charge is 0.459 e. The van der Waals surface area contributed by atoms with E-state index in [2.05, 4.69) is 0 Å². The first-order chi connectivity index (χ1) is 11.8. The quantitative estimate of drug-likeness (QED) is 0.826. The predicted octanol–water partition coefficient (Wildman–Crippen LogP) is 1.77. The summed E-state index contributed by atoms with van der Waals surface area (Å²) in [4.78, 5) is 11.5. The number of hydrogen-bond acceptors (Lipinski definition) is 4. The molecule has 6 nitrogen and oxygen atoms in total. The summed E-state index contributed by atoms with van der Waals surface area (Å²) >= 11 is 0. The molecule has 2 aliphatic rings. The van der Waals surface area contributed by atoms with Crippen molar-refractivity contribution in [3.63, 3.8) is 0 Å². The van der Waals surface area contributed by atoms with Crippen molar-refractivity contribution in [3.8, 4) is 5.75 Å². The number of hydrogen-bond donors (Lipinski definition) is 1. The summed E-state index contributed by atoms with van der Waals surface area (Å²) in [7, 11) is -3.28. The molecule has 1 amide bonds. The maximum absolute atomic E-state index is 14.9. The monoisotopic (exact) mass is 370 g/mol. The second-order valence-corrected chi connectivity index (χ2v) is 8.89. The van der Waals surface area contributed by atoms with E-state index in [1.165, 1.54) is 22.7 Å². The van der Waals surface area contributed by atoms with Crippen molar-refractivity contribution in [2.75, 3.05) is 19.3 Å². The Kier molecular flexibility index (Phi) is 5.02. The van der Waals surface area contributed by atoms with Crippen LogP contribution in [0.3, 0.4) is 0 Å². The molecule has 0 bridgehead atoms. The molecule has 0 radical (unpaired) electrons. The van der Waals surface area contributed by atoms with Gasteiger partial charge in [-0.25, -0.2) is 17.1 Å². The lowest BCUT2D eigenvalue weighted by atomic mass is 9.83. The van der Waals surface area contributed by atoms with Crippen molar-refractivity contribution < 1.29 is 22.3 Å². The molecule has 25 heavy (non-hydrogen) atoms. The molecule has 1 saturated carbocycles. The van der Waals surface area contributed by atoms with Crippen LogP contribution in [0.5, 0.6) is 5.75 Å². The second kappa shape index (κ2) is 6.92. The molecular weight excluding hydrogens is 347 g/mol. The first-order valence-corrected chi connectivity index (χ1v) is 10.3. The number of ether oxygens (including phenoxy) is 1. The van der Waals surface area contributed by atoms with Gasteiger partial charge in [0.2, 0.25) is 16.4 Å². The van der Waals surface area contributed by atoms with E-state index in [9.17, 15) is 17.6 Å². The Hall–Kier alpha value is -1.67. The third-order valence-electron chi connectivity index (χ3n) is 5.10. The van der Waals surface area contributed by atoms with Crippen molar-refractivity contribution in [2.45, 2.75) is 25.6 Å². The van der Waals surface area contributed by atoms with E-state index in [0.717, 1.165) is 12.8 Å². The lowest BCUT2D eigenvalue weighted by Gasteiger charge is -2.38. The van der Waals surface area contributed by atoms with Crippen LogP contribution in [-0.2, 0) is 10.0 Å². The Morgan fingerprint density at radius 1 is 1.32 bits per heavy atom. The van der Waals surface area contributed by atoms with Gasteiger partial charge in [-0.05, 0) is 43.2 Å². The summed E-state index contributed by atoms with van der Waals surface area (Å²) in [5.41, 5.74) is 5.45. The Morgan fingerprint density at radius 2 is 2.00 bits per heavy atom. The van der Waals surface area contributed by atoms with Gasteiger partial charge in [-0.15, -0.1) is 0 Å². The van der Waals surface area contributed by atoms with Crippen LogP contribution in [0.1, 0.15) is 29.6 Å². The molecule has 3 rings (SSSR count). The van der Waals surface area contributed by atoms with Gasteiger partial charge in [-0.3, -0.25) is 4.79 Å². The zero-order chi connectivity index (χ0) is 18.2. The Balaban J connectivity index is 1.75. The van der Waals surface area contributed by atoms with E-state index in [0.29, 0.717) is 18.9 Å². The second-order valence-electron chi connectivity index (χ2n) is 6.90. The lowest BCUT2D eigenvalue weighted by molar-refractivity contribution is -0.0386. The van der Waals surface area contributed by atoms with Crippen molar-refractivity contribution in [1.82, 2.24) is 4.31 Å². The van der Waals surface area contributed by atoms with Crippen LogP contribution in [0.25, 0.3) is 0 Å². The SMILES string of the molecule is CS(=O)(=O)N1CCC(C(F)Oc2ccccc2C(N)=O)C(C2CC2)C1. The molecule has 3 unspecified atom stereocenters. The topological polar surface area (TPSA) is 89.7 Å². The smallest absolute Gasteiger partial charge is 0.252 e. The fourth-order valence-electron chi connectivity index (χ4n) is 3.60. The van der Waals surface area contributed by atoms with Gasteiger partial charge in [0.1, 0.15) is 5.75 Å². The van der Waals surface area contributed by atoms with Gasteiger partial charge in [0.25, 0.3) is 5.91 Å². The maximum Gasteiger partial charge on any atom is 0.252 e. The molecule has 1 aromatic rings. The predicted molar refractivity (Wildman–Crippen MR) is 91.2 cm³/mol. The molecule has 3 atom stereocenters. The fourth-order valence-corrected chi connectivity index (χ4v) is 4.48. The Morgan fingerprint density at radius 3 is 2.60 bits per heavy atom. The number of para-hydroxylation sites is 1. The van der Waals surface area contributed by atoms with Gasteiger partial charge < -0.3 is 10.5 Å². The van der Waals surface area contributed by atoms with Crippen molar-refractivity contribution in [3.05, 3.63) is 29.8 Å². The van der Waals surface area contributed by atoms with Crippen molar-refractivity contribution in [1.29, 1.82) is 0 Å². The minimum atomic E-state index is -3.28. The molecular formula is C17H23FN2O4S. The summed E-state index contributed by atoms with van der Waals surface area (Å²) in [6.45, 7) is 0.614. The van der Waals surface area contributed by atoms with Crippen LogP contribution in [0, 0.1) is 17.8 Å². The number of nitrogens with two attached hydrogens (primary N) is 1. The zero-order valence-electron chi connectivity index (χ0n) is 14.1. The number of rotatable bonds is 6. The number of halogens is 1. The van der Waals surface area contributed by atoms with Crippen molar-refractivity contribution >= 4 is 15.9 Å². The minimum absolute atomic E-state index is 0.0702. The highest BCUT2D eigenvalue weighted by atomic mass is 32.2. The van der Waals surface area contributed by atoms with E-state index in [1.807, 2.05) is 0 Å². The van der Waals surface area contributed by atoms with E-state index in [1.54, 1.807) is 12.1 Å². The number of amides is 1. The van der Waals surface area contributed by atoms with Crippen molar-refractivity contribution in [2.24, 2.45) is 23.5 Å². The number of sulfonamides is 1. The average Bonchev–Trinajstić information content (AvgIpc) is 3.38. The van der Waals surface area contributed by atoms with Crippen LogP contribution in [0.2, 0.25) is 0 Å². The molecule has 2 N–H and O–H groups in total. The van der Waals surface area contributed by atoms with Crippen LogP contribution in [-0.4, -0.2) is 44.3 Å². The minimum Gasteiger partial charge on any atom is -0.459 e. The molecule has 2 fully saturated rings.